The molecule has 2 N–H and O–H groups in total. The monoisotopic (exact) mass is 225 g/mol. The van der Waals surface area contributed by atoms with Crippen molar-refractivity contribution >= 4 is 27.3 Å². The van der Waals surface area contributed by atoms with E-state index in [1.807, 2.05) is 29.8 Å². The average Bonchev–Trinajstić information content (AvgIpc) is 2.29. The summed E-state index contributed by atoms with van der Waals surface area (Å²) in [5, 5.41) is 0. The number of aromatic nitrogens is 2. The van der Waals surface area contributed by atoms with Gasteiger partial charge in [-0.1, -0.05) is 0 Å². The summed E-state index contributed by atoms with van der Waals surface area (Å²) in [4.78, 5) is 4.31. The largest absolute Gasteiger partial charge is 0.397 e. The van der Waals surface area contributed by atoms with Crippen molar-refractivity contribution < 1.29 is 0 Å². The molecular formula is C8H8BrN3. The number of fused-ring (bicyclic) bond motifs is 1. The minimum Gasteiger partial charge on any atom is -0.397 e. The average molecular weight is 226 g/mol. The van der Waals surface area contributed by atoms with Gasteiger partial charge in [0.25, 0.3) is 0 Å². The number of pyridine rings is 1. The lowest BCUT2D eigenvalue weighted by atomic mass is 10.4. The van der Waals surface area contributed by atoms with E-state index in [1.54, 1.807) is 0 Å². The van der Waals surface area contributed by atoms with Gasteiger partial charge in [-0.05, 0) is 28.9 Å². The Kier molecular flexibility index (Phi) is 1.58. The fourth-order valence-corrected chi connectivity index (χ4v) is 1.76. The Hall–Kier alpha value is -1.03. The van der Waals surface area contributed by atoms with Crippen molar-refractivity contribution in [1.29, 1.82) is 0 Å². The van der Waals surface area contributed by atoms with Gasteiger partial charge in [0.05, 0.1) is 10.2 Å². The van der Waals surface area contributed by atoms with Gasteiger partial charge in [-0.3, -0.25) is 0 Å². The summed E-state index contributed by atoms with van der Waals surface area (Å²) in [7, 11) is 0. The van der Waals surface area contributed by atoms with Gasteiger partial charge in [-0.2, -0.15) is 0 Å². The summed E-state index contributed by atoms with van der Waals surface area (Å²) >= 11 is 3.40. The van der Waals surface area contributed by atoms with Crippen LogP contribution in [-0.2, 0) is 0 Å². The molecule has 2 aromatic heterocycles. The molecule has 62 valence electrons. The molecule has 2 heterocycles. The quantitative estimate of drug-likeness (QED) is 0.746. The van der Waals surface area contributed by atoms with Crippen LogP contribution in [0.2, 0.25) is 0 Å². The fraction of sp³-hybridized carbons (Fsp3) is 0.125. The van der Waals surface area contributed by atoms with Gasteiger partial charge in [0.15, 0.2) is 5.65 Å². The van der Waals surface area contributed by atoms with E-state index >= 15 is 0 Å². The van der Waals surface area contributed by atoms with E-state index in [0.29, 0.717) is 0 Å². The van der Waals surface area contributed by atoms with Crippen LogP contribution in [0.25, 0.3) is 5.65 Å². The highest BCUT2D eigenvalue weighted by Crippen LogP contribution is 2.20. The van der Waals surface area contributed by atoms with E-state index in [-0.39, 0.29) is 0 Å². The maximum Gasteiger partial charge on any atom is 0.151 e. The summed E-state index contributed by atoms with van der Waals surface area (Å²) < 4.78 is 2.84. The van der Waals surface area contributed by atoms with Crippen molar-refractivity contribution in [2.24, 2.45) is 0 Å². The summed E-state index contributed by atoms with van der Waals surface area (Å²) in [5.74, 6) is 0. The second kappa shape index (κ2) is 2.48. The number of halogens is 1. The Morgan fingerprint density at radius 3 is 3.00 bits per heavy atom. The third kappa shape index (κ3) is 1.08. The smallest absolute Gasteiger partial charge is 0.151 e. The standard InChI is InChI=1S/C8H8BrN3/c1-5-3-12-4-6(10)2-7(9)8(12)11-5/h2-4H,10H2,1H3. The zero-order valence-corrected chi connectivity index (χ0v) is 8.17. The molecular weight excluding hydrogens is 218 g/mol. The number of anilines is 1. The zero-order chi connectivity index (χ0) is 8.72. The molecule has 0 aromatic carbocycles. The van der Waals surface area contributed by atoms with Crippen LogP contribution >= 0.6 is 15.9 Å². The Morgan fingerprint density at radius 1 is 1.50 bits per heavy atom. The van der Waals surface area contributed by atoms with E-state index in [4.69, 9.17) is 5.73 Å². The van der Waals surface area contributed by atoms with Crippen LogP contribution in [0.5, 0.6) is 0 Å². The van der Waals surface area contributed by atoms with E-state index in [2.05, 4.69) is 20.9 Å². The van der Waals surface area contributed by atoms with Crippen LogP contribution in [0.4, 0.5) is 5.69 Å². The van der Waals surface area contributed by atoms with Gasteiger partial charge in [-0.25, -0.2) is 4.98 Å². The first kappa shape index (κ1) is 7.61. The fourth-order valence-electron chi connectivity index (χ4n) is 1.20. The van der Waals surface area contributed by atoms with Gasteiger partial charge < -0.3 is 10.1 Å². The normalized spacial score (nSPS) is 10.8. The van der Waals surface area contributed by atoms with Crippen molar-refractivity contribution in [3.63, 3.8) is 0 Å². The number of rotatable bonds is 0. The first-order valence-corrected chi connectivity index (χ1v) is 4.36. The minimum absolute atomic E-state index is 0.728. The van der Waals surface area contributed by atoms with Gasteiger partial charge >= 0.3 is 0 Å². The molecule has 2 aromatic rings. The topological polar surface area (TPSA) is 43.3 Å². The van der Waals surface area contributed by atoms with E-state index in [1.165, 1.54) is 0 Å². The van der Waals surface area contributed by atoms with Crippen LogP contribution in [0.1, 0.15) is 5.69 Å². The first-order valence-electron chi connectivity index (χ1n) is 3.57. The maximum absolute atomic E-state index is 5.66. The van der Waals surface area contributed by atoms with Crippen LogP contribution in [-0.4, -0.2) is 9.38 Å². The molecule has 0 aliphatic heterocycles. The predicted molar refractivity (Wildman–Crippen MR) is 52.0 cm³/mol. The third-order valence-corrected chi connectivity index (χ3v) is 2.23. The Bertz CT molecular complexity index is 433. The van der Waals surface area contributed by atoms with Crippen molar-refractivity contribution in [1.82, 2.24) is 9.38 Å². The number of imidazole rings is 1. The predicted octanol–water partition coefficient (Wildman–Crippen LogP) is 1.99. The van der Waals surface area contributed by atoms with Gasteiger partial charge in [0.1, 0.15) is 0 Å². The lowest BCUT2D eigenvalue weighted by Gasteiger charge is -1.97. The first-order chi connectivity index (χ1) is 5.66. The molecule has 0 spiro atoms. The van der Waals surface area contributed by atoms with Crippen molar-refractivity contribution in [3.05, 3.63) is 28.6 Å². The number of aryl methyl sites for hydroxylation is 1. The molecule has 4 heteroatoms. The molecule has 0 amide bonds. The maximum atomic E-state index is 5.66. The van der Waals surface area contributed by atoms with Crippen LogP contribution in [0.15, 0.2) is 22.9 Å². The van der Waals surface area contributed by atoms with E-state index < -0.39 is 0 Å². The molecule has 0 atom stereocenters. The van der Waals surface area contributed by atoms with Crippen LogP contribution < -0.4 is 5.73 Å². The highest BCUT2D eigenvalue weighted by Gasteiger charge is 2.02. The van der Waals surface area contributed by atoms with Crippen molar-refractivity contribution in [3.8, 4) is 0 Å². The highest BCUT2D eigenvalue weighted by molar-refractivity contribution is 9.10. The number of nitrogens with zero attached hydrogens (tertiary/aromatic N) is 2. The Labute approximate surface area is 78.3 Å². The minimum atomic E-state index is 0.728. The molecule has 0 radical (unpaired) electrons. The molecule has 0 saturated carbocycles. The molecule has 0 unspecified atom stereocenters. The second-order valence-corrected chi connectivity index (χ2v) is 3.59. The summed E-state index contributed by atoms with van der Waals surface area (Å²) in [5.41, 5.74) is 8.28. The van der Waals surface area contributed by atoms with Gasteiger partial charge in [-0.15, -0.1) is 0 Å². The molecule has 0 saturated heterocycles. The SMILES string of the molecule is Cc1cn2cc(N)cc(Br)c2n1. The number of nitrogen functional groups attached to an aromatic ring is 1. The Balaban J connectivity index is 2.88. The molecule has 0 fully saturated rings. The highest BCUT2D eigenvalue weighted by atomic mass is 79.9. The molecule has 0 aliphatic carbocycles. The molecule has 0 bridgehead atoms. The molecule has 3 nitrogen and oxygen atoms in total. The van der Waals surface area contributed by atoms with Crippen LogP contribution in [0.3, 0.4) is 0 Å². The second-order valence-electron chi connectivity index (χ2n) is 2.73. The Morgan fingerprint density at radius 2 is 2.25 bits per heavy atom. The third-order valence-electron chi connectivity index (χ3n) is 1.65. The van der Waals surface area contributed by atoms with Gasteiger partial charge in [0.2, 0.25) is 0 Å². The van der Waals surface area contributed by atoms with E-state index in [9.17, 15) is 0 Å². The zero-order valence-electron chi connectivity index (χ0n) is 6.58. The lowest BCUT2D eigenvalue weighted by Crippen LogP contribution is -1.90. The lowest BCUT2D eigenvalue weighted by molar-refractivity contribution is 1.18. The number of hydrogen-bond acceptors (Lipinski definition) is 2. The molecule has 2 rings (SSSR count). The summed E-state index contributed by atoms with van der Waals surface area (Å²) in [6, 6.07) is 1.85. The summed E-state index contributed by atoms with van der Waals surface area (Å²) in [6.45, 7) is 1.95. The molecule has 0 aliphatic rings. The number of nitrogens with two attached hydrogens (primary N) is 1. The van der Waals surface area contributed by atoms with Crippen molar-refractivity contribution in [2.75, 3.05) is 5.73 Å². The van der Waals surface area contributed by atoms with Gasteiger partial charge in [0, 0.05) is 18.1 Å². The molecule has 12 heavy (non-hydrogen) atoms. The summed E-state index contributed by atoms with van der Waals surface area (Å²) in [6.07, 6.45) is 3.79. The number of hydrogen-bond donors (Lipinski definition) is 1. The van der Waals surface area contributed by atoms with E-state index in [0.717, 1.165) is 21.5 Å². The van der Waals surface area contributed by atoms with Crippen molar-refractivity contribution in [2.45, 2.75) is 6.92 Å². The van der Waals surface area contributed by atoms with Crippen LogP contribution in [0, 0.1) is 6.92 Å².